The first-order valence-electron chi connectivity index (χ1n) is 11.7. The third-order valence-corrected chi connectivity index (χ3v) is 6.69. The van der Waals surface area contributed by atoms with E-state index < -0.39 is 5.60 Å². The first-order valence-corrected chi connectivity index (χ1v) is 11.7. The summed E-state index contributed by atoms with van der Waals surface area (Å²) in [6, 6.07) is 19.5. The number of benzene rings is 3. The molecule has 6 heteroatoms. The van der Waals surface area contributed by atoms with Gasteiger partial charge in [-0.15, -0.1) is 0 Å². The molecule has 1 saturated heterocycles. The molecule has 0 unspecified atom stereocenters. The van der Waals surface area contributed by atoms with E-state index in [2.05, 4.69) is 4.90 Å². The third-order valence-electron chi connectivity index (χ3n) is 6.69. The van der Waals surface area contributed by atoms with Gasteiger partial charge in [-0.2, -0.15) is 0 Å². The molecule has 0 bridgehead atoms. The van der Waals surface area contributed by atoms with Crippen LogP contribution in [0.5, 0.6) is 11.5 Å². The maximum absolute atomic E-state index is 13.6. The van der Waals surface area contributed by atoms with Crippen LogP contribution in [0.1, 0.15) is 30.4 Å². The molecule has 4 rings (SSSR count). The van der Waals surface area contributed by atoms with Gasteiger partial charge in [0, 0.05) is 6.54 Å². The van der Waals surface area contributed by atoms with Gasteiger partial charge in [0.15, 0.2) is 0 Å². The molecule has 34 heavy (non-hydrogen) atoms. The Bertz CT molecular complexity index is 985. The van der Waals surface area contributed by atoms with Crippen LogP contribution in [0, 0.1) is 17.6 Å². The zero-order valence-corrected chi connectivity index (χ0v) is 19.4. The highest BCUT2D eigenvalue weighted by molar-refractivity contribution is 5.37. The average molecular weight is 468 g/mol. The van der Waals surface area contributed by atoms with Gasteiger partial charge in [0.25, 0.3) is 0 Å². The first-order chi connectivity index (χ1) is 16.5. The molecule has 4 nitrogen and oxygen atoms in total. The number of piperidine rings is 1. The molecule has 1 N–H and O–H groups in total. The molecular weight excluding hydrogens is 436 g/mol. The molecule has 1 aliphatic heterocycles. The van der Waals surface area contributed by atoms with Crippen LogP contribution in [0.3, 0.4) is 0 Å². The van der Waals surface area contributed by atoms with E-state index in [0.717, 1.165) is 50.4 Å². The minimum absolute atomic E-state index is 0.0600. The van der Waals surface area contributed by atoms with Gasteiger partial charge < -0.3 is 19.5 Å². The van der Waals surface area contributed by atoms with E-state index >= 15 is 0 Å². The van der Waals surface area contributed by atoms with Crippen LogP contribution in [0.15, 0.2) is 72.8 Å². The molecule has 3 aromatic carbocycles. The Morgan fingerprint density at radius 2 is 1.32 bits per heavy atom. The quantitative estimate of drug-likeness (QED) is 0.429. The van der Waals surface area contributed by atoms with Gasteiger partial charge in [-0.05, 0) is 97.9 Å². The van der Waals surface area contributed by atoms with Gasteiger partial charge >= 0.3 is 0 Å². The van der Waals surface area contributed by atoms with Crippen LogP contribution in [0.2, 0.25) is 0 Å². The maximum atomic E-state index is 13.6. The lowest BCUT2D eigenvalue weighted by Crippen LogP contribution is -2.44. The number of aliphatic hydroxyl groups is 1. The van der Waals surface area contributed by atoms with Crippen LogP contribution in [-0.2, 0) is 5.60 Å². The van der Waals surface area contributed by atoms with Crippen molar-refractivity contribution in [3.63, 3.8) is 0 Å². The van der Waals surface area contributed by atoms with Gasteiger partial charge in [0.05, 0.1) is 13.7 Å². The number of methoxy groups -OCH3 is 1. The lowest BCUT2D eigenvalue weighted by Gasteiger charge is -2.42. The molecule has 0 aromatic heterocycles. The minimum atomic E-state index is -1.30. The highest BCUT2D eigenvalue weighted by Crippen LogP contribution is 2.42. The molecule has 180 valence electrons. The monoisotopic (exact) mass is 467 g/mol. The molecule has 1 aliphatic rings. The number of hydrogen-bond donors (Lipinski definition) is 1. The molecule has 3 aromatic rings. The van der Waals surface area contributed by atoms with E-state index in [9.17, 15) is 13.9 Å². The standard InChI is InChI=1S/C28H31F2NO3/c1-33-26-11-13-27(14-12-26)34-20-2-17-31-18-15-23(16-19-31)28(32,21-3-7-24(29)8-4-21)22-5-9-25(30)10-6-22/h3-14,23,32H,2,15-20H2,1H3. The molecular formula is C28H31F2NO3. The van der Waals surface area contributed by atoms with Crippen molar-refractivity contribution in [2.45, 2.75) is 24.9 Å². The van der Waals surface area contributed by atoms with E-state index in [0.29, 0.717) is 17.7 Å². The Labute approximate surface area is 199 Å². The normalized spacial score (nSPS) is 15.3. The second kappa shape index (κ2) is 11.0. The predicted octanol–water partition coefficient (Wildman–Crippen LogP) is 5.39. The Morgan fingerprint density at radius 3 is 1.82 bits per heavy atom. The smallest absolute Gasteiger partial charge is 0.123 e. The average Bonchev–Trinajstić information content (AvgIpc) is 2.88. The van der Waals surface area contributed by atoms with Gasteiger partial charge in [-0.1, -0.05) is 24.3 Å². The van der Waals surface area contributed by atoms with Gasteiger partial charge in [0.1, 0.15) is 28.7 Å². The number of hydrogen-bond acceptors (Lipinski definition) is 4. The SMILES string of the molecule is COc1ccc(OCCCN2CCC(C(O)(c3ccc(F)cc3)c3ccc(F)cc3)CC2)cc1. The van der Waals surface area contributed by atoms with Crippen LogP contribution < -0.4 is 9.47 Å². The lowest BCUT2D eigenvalue weighted by molar-refractivity contribution is -0.0146. The summed E-state index contributed by atoms with van der Waals surface area (Å²) in [6.07, 6.45) is 2.46. The zero-order chi connectivity index (χ0) is 24.0. The fraction of sp³-hybridized carbons (Fsp3) is 0.357. The van der Waals surface area contributed by atoms with Crippen molar-refractivity contribution in [2.75, 3.05) is 33.4 Å². The highest BCUT2D eigenvalue weighted by Gasteiger charge is 2.41. The summed E-state index contributed by atoms with van der Waals surface area (Å²) in [5, 5.41) is 11.9. The van der Waals surface area contributed by atoms with Gasteiger partial charge in [0.2, 0.25) is 0 Å². The van der Waals surface area contributed by atoms with Crippen LogP contribution in [0.4, 0.5) is 8.78 Å². The van der Waals surface area contributed by atoms with Crippen molar-refractivity contribution in [3.8, 4) is 11.5 Å². The Morgan fingerprint density at radius 1 is 0.824 bits per heavy atom. The lowest BCUT2D eigenvalue weighted by atomic mass is 9.72. The fourth-order valence-electron chi connectivity index (χ4n) is 4.77. The van der Waals surface area contributed by atoms with E-state index in [1.165, 1.54) is 24.3 Å². The summed E-state index contributed by atoms with van der Waals surface area (Å²) in [5.74, 6) is 0.864. The molecule has 0 saturated carbocycles. The number of halogens is 2. The van der Waals surface area contributed by atoms with Crippen molar-refractivity contribution in [1.29, 1.82) is 0 Å². The van der Waals surface area contributed by atoms with Gasteiger partial charge in [-0.3, -0.25) is 0 Å². The number of rotatable bonds is 9. The number of ether oxygens (including phenoxy) is 2. The number of likely N-dealkylation sites (tertiary alicyclic amines) is 1. The van der Waals surface area contributed by atoms with E-state index in [4.69, 9.17) is 9.47 Å². The second-order valence-corrected chi connectivity index (χ2v) is 8.77. The molecule has 0 atom stereocenters. The van der Waals surface area contributed by atoms with Crippen molar-refractivity contribution >= 4 is 0 Å². The molecule has 0 aliphatic carbocycles. The summed E-state index contributed by atoms with van der Waals surface area (Å²) in [5.41, 5.74) is -0.0379. The molecule has 0 amide bonds. The summed E-state index contributed by atoms with van der Waals surface area (Å²) >= 11 is 0. The topological polar surface area (TPSA) is 41.9 Å². The second-order valence-electron chi connectivity index (χ2n) is 8.77. The van der Waals surface area contributed by atoms with Crippen LogP contribution in [-0.4, -0.2) is 43.4 Å². The summed E-state index contributed by atoms with van der Waals surface area (Å²) in [4.78, 5) is 2.38. The molecule has 0 spiro atoms. The summed E-state index contributed by atoms with van der Waals surface area (Å²) in [6.45, 7) is 3.23. The summed E-state index contributed by atoms with van der Waals surface area (Å²) in [7, 11) is 1.64. The Kier molecular flexibility index (Phi) is 7.80. The predicted molar refractivity (Wildman–Crippen MR) is 128 cm³/mol. The Balaban J connectivity index is 1.35. The maximum Gasteiger partial charge on any atom is 0.123 e. The largest absolute Gasteiger partial charge is 0.497 e. The van der Waals surface area contributed by atoms with E-state index in [1.807, 2.05) is 24.3 Å². The van der Waals surface area contributed by atoms with Crippen molar-refractivity contribution in [2.24, 2.45) is 5.92 Å². The minimum Gasteiger partial charge on any atom is -0.497 e. The Hall–Kier alpha value is -2.96. The molecule has 1 heterocycles. The third kappa shape index (κ3) is 5.57. The van der Waals surface area contributed by atoms with Crippen molar-refractivity contribution in [3.05, 3.63) is 95.6 Å². The molecule has 0 radical (unpaired) electrons. The molecule has 1 fully saturated rings. The first kappa shape index (κ1) is 24.2. The van der Waals surface area contributed by atoms with E-state index in [1.54, 1.807) is 31.4 Å². The fourth-order valence-corrected chi connectivity index (χ4v) is 4.77. The van der Waals surface area contributed by atoms with Crippen molar-refractivity contribution in [1.82, 2.24) is 4.90 Å². The van der Waals surface area contributed by atoms with Crippen LogP contribution >= 0.6 is 0 Å². The highest BCUT2D eigenvalue weighted by atomic mass is 19.1. The van der Waals surface area contributed by atoms with Crippen molar-refractivity contribution < 1.29 is 23.4 Å². The number of nitrogens with zero attached hydrogens (tertiary/aromatic N) is 1. The van der Waals surface area contributed by atoms with Crippen LogP contribution in [0.25, 0.3) is 0 Å². The zero-order valence-electron chi connectivity index (χ0n) is 19.4. The van der Waals surface area contributed by atoms with Gasteiger partial charge in [-0.25, -0.2) is 8.78 Å². The van der Waals surface area contributed by atoms with E-state index in [-0.39, 0.29) is 17.6 Å². The summed E-state index contributed by atoms with van der Waals surface area (Å²) < 4.78 is 38.1.